The Hall–Kier alpha value is -2.60. The first-order valence-electron chi connectivity index (χ1n) is 10.4. The van der Waals surface area contributed by atoms with Crippen LogP contribution < -0.4 is 14.4 Å². The Morgan fingerprint density at radius 3 is 2.62 bits per heavy atom. The van der Waals surface area contributed by atoms with Crippen LogP contribution in [0.25, 0.3) is 0 Å². The van der Waals surface area contributed by atoms with Crippen molar-refractivity contribution in [3.8, 4) is 11.5 Å². The average molecular weight is 397 g/mol. The fourth-order valence-electron chi connectivity index (χ4n) is 4.77. The van der Waals surface area contributed by atoms with Gasteiger partial charge in [-0.15, -0.1) is 0 Å². The molecule has 1 fully saturated rings. The molecule has 1 saturated heterocycles. The van der Waals surface area contributed by atoms with Gasteiger partial charge in [-0.2, -0.15) is 0 Å². The molecule has 1 unspecified atom stereocenters. The van der Waals surface area contributed by atoms with Crippen LogP contribution >= 0.6 is 0 Å². The normalized spacial score (nSPS) is 21.1. The van der Waals surface area contributed by atoms with E-state index in [0.717, 1.165) is 48.6 Å². The third-order valence-electron chi connectivity index (χ3n) is 6.11. The van der Waals surface area contributed by atoms with Crippen LogP contribution in [0.15, 0.2) is 18.2 Å². The van der Waals surface area contributed by atoms with Crippen molar-refractivity contribution in [2.45, 2.75) is 46.1 Å². The van der Waals surface area contributed by atoms with E-state index in [-0.39, 0.29) is 17.6 Å². The number of aromatic nitrogens is 1. The summed E-state index contributed by atoms with van der Waals surface area (Å²) in [6.45, 7) is 7.97. The Labute approximate surface area is 171 Å². The highest BCUT2D eigenvalue weighted by atomic mass is 16.5. The number of hydrogen-bond acceptors (Lipinski definition) is 4. The standard InChI is InChI=1S/C23H28N2O4/c1-14-22(16(3)26)15(2)24-23(14)19(27)13-25-9-4-6-18(25)17-7-8-20-21(12-17)29-11-5-10-28-20/h7-8,12,18,24H,4-6,9-11,13H2,1-3H3/p+1/t18-/m0/s1. The maximum absolute atomic E-state index is 13.1. The minimum Gasteiger partial charge on any atom is -0.490 e. The zero-order chi connectivity index (χ0) is 20.5. The van der Waals surface area contributed by atoms with Crippen molar-refractivity contribution in [1.82, 2.24) is 4.98 Å². The molecule has 2 aliphatic rings. The molecule has 0 saturated carbocycles. The maximum Gasteiger partial charge on any atom is 0.233 e. The number of benzene rings is 1. The summed E-state index contributed by atoms with van der Waals surface area (Å²) >= 11 is 0. The van der Waals surface area contributed by atoms with Crippen LogP contribution in [0.3, 0.4) is 0 Å². The minimum atomic E-state index is -0.00566. The predicted molar refractivity (Wildman–Crippen MR) is 109 cm³/mol. The monoisotopic (exact) mass is 397 g/mol. The molecule has 0 amide bonds. The minimum absolute atomic E-state index is 0.00566. The number of carbonyl (C=O) groups is 2. The number of hydrogen-bond donors (Lipinski definition) is 2. The Kier molecular flexibility index (Phi) is 5.46. The molecule has 29 heavy (non-hydrogen) atoms. The molecule has 6 heteroatoms. The van der Waals surface area contributed by atoms with Crippen LogP contribution in [-0.4, -0.2) is 42.9 Å². The number of aromatic amines is 1. The molecule has 0 bridgehead atoms. The molecule has 6 nitrogen and oxygen atoms in total. The van der Waals surface area contributed by atoms with E-state index in [1.54, 1.807) is 6.92 Å². The van der Waals surface area contributed by atoms with Gasteiger partial charge in [0.25, 0.3) is 0 Å². The molecule has 4 rings (SSSR count). The van der Waals surface area contributed by atoms with Crippen molar-refractivity contribution in [2.24, 2.45) is 0 Å². The smallest absolute Gasteiger partial charge is 0.233 e. The summed E-state index contributed by atoms with van der Waals surface area (Å²) in [4.78, 5) is 29.4. The molecule has 154 valence electrons. The van der Waals surface area contributed by atoms with Crippen molar-refractivity contribution in [3.05, 3.63) is 46.3 Å². The highest BCUT2D eigenvalue weighted by Crippen LogP contribution is 2.33. The van der Waals surface area contributed by atoms with Crippen LogP contribution in [0.1, 0.15) is 69.9 Å². The lowest BCUT2D eigenvalue weighted by Gasteiger charge is -2.22. The second-order valence-corrected chi connectivity index (χ2v) is 8.14. The van der Waals surface area contributed by atoms with Gasteiger partial charge in [0.15, 0.2) is 17.3 Å². The van der Waals surface area contributed by atoms with E-state index in [2.05, 4.69) is 17.1 Å². The fourth-order valence-corrected chi connectivity index (χ4v) is 4.77. The maximum atomic E-state index is 13.1. The molecule has 0 radical (unpaired) electrons. The van der Waals surface area contributed by atoms with E-state index in [0.29, 0.717) is 31.0 Å². The van der Waals surface area contributed by atoms with Gasteiger partial charge in [0.05, 0.1) is 25.5 Å². The van der Waals surface area contributed by atoms with Crippen LogP contribution in [0.2, 0.25) is 0 Å². The van der Waals surface area contributed by atoms with Gasteiger partial charge >= 0.3 is 0 Å². The van der Waals surface area contributed by atoms with Gasteiger partial charge in [-0.05, 0) is 44.5 Å². The van der Waals surface area contributed by atoms with E-state index in [9.17, 15) is 9.59 Å². The van der Waals surface area contributed by atoms with E-state index in [1.165, 1.54) is 10.5 Å². The fraction of sp³-hybridized carbons (Fsp3) is 0.478. The van der Waals surface area contributed by atoms with E-state index in [1.807, 2.05) is 19.9 Å². The quantitative estimate of drug-likeness (QED) is 0.761. The number of rotatable bonds is 5. The zero-order valence-electron chi connectivity index (χ0n) is 17.4. The van der Waals surface area contributed by atoms with Crippen LogP contribution in [0, 0.1) is 13.8 Å². The summed E-state index contributed by atoms with van der Waals surface area (Å²) in [5.74, 6) is 1.67. The molecule has 0 aliphatic carbocycles. The largest absolute Gasteiger partial charge is 0.490 e. The molecular weight excluding hydrogens is 368 g/mol. The van der Waals surface area contributed by atoms with E-state index in [4.69, 9.17) is 9.47 Å². The number of ketones is 2. The Morgan fingerprint density at radius 2 is 1.90 bits per heavy atom. The first-order chi connectivity index (χ1) is 14.0. The SMILES string of the molecule is CC(=O)c1c(C)[nH]c(C(=O)C[NH+]2CCC[C@H]2c2ccc3c(c2)OCCCO3)c1C. The summed E-state index contributed by atoms with van der Waals surface area (Å²) in [7, 11) is 0. The molecule has 1 aromatic carbocycles. The molecule has 2 aromatic rings. The Bertz CT molecular complexity index is 947. The van der Waals surface area contributed by atoms with Crippen molar-refractivity contribution in [2.75, 3.05) is 26.3 Å². The molecule has 3 heterocycles. The number of ether oxygens (including phenoxy) is 2. The van der Waals surface area contributed by atoms with Crippen molar-refractivity contribution < 1.29 is 24.0 Å². The number of aryl methyl sites for hydroxylation is 1. The molecule has 2 atom stereocenters. The summed E-state index contributed by atoms with van der Waals surface area (Å²) < 4.78 is 11.6. The van der Waals surface area contributed by atoms with E-state index >= 15 is 0 Å². The molecule has 2 aliphatic heterocycles. The highest BCUT2D eigenvalue weighted by molar-refractivity contribution is 6.03. The number of Topliss-reactive ketones (excluding diaryl/α,β-unsaturated/α-hetero) is 2. The zero-order valence-corrected chi connectivity index (χ0v) is 17.4. The number of H-pyrrole nitrogens is 1. The van der Waals surface area contributed by atoms with Gasteiger partial charge in [0, 0.05) is 36.1 Å². The van der Waals surface area contributed by atoms with Gasteiger partial charge in [0.1, 0.15) is 12.6 Å². The summed E-state index contributed by atoms with van der Waals surface area (Å²) in [5, 5.41) is 0. The van der Waals surface area contributed by atoms with Crippen molar-refractivity contribution in [1.29, 1.82) is 0 Å². The lowest BCUT2D eigenvalue weighted by Crippen LogP contribution is -3.11. The molecular formula is C23H29N2O4+. The highest BCUT2D eigenvalue weighted by Gasteiger charge is 2.33. The van der Waals surface area contributed by atoms with Crippen molar-refractivity contribution in [3.63, 3.8) is 0 Å². The number of likely N-dealkylation sites (tertiary alicyclic amines) is 1. The molecule has 2 N–H and O–H groups in total. The van der Waals surface area contributed by atoms with Gasteiger partial charge < -0.3 is 19.4 Å². The summed E-state index contributed by atoms with van der Waals surface area (Å²) in [5.41, 5.74) is 3.95. The predicted octanol–water partition coefficient (Wildman–Crippen LogP) is 2.60. The second kappa shape index (κ2) is 8.03. The third-order valence-corrected chi connectivity index (χ3v) is 6.11. The summed E-state index contributed by atoms with van der Waals surface area (Å²) in [6.07, 6.45) is 3.02. The van der Waals surface area contributed by atoms with Gasteiger partial charge in [-0.1, -0.05) is 0 Å². The summed E-state index contributed by atoms with van der Waals surface area (Å²) in [6, 6.07) is 6.44. The van der Waals surface area contributed by atoms with Gasteiger partial charge in [0.2, 0.25) is 5.78 Å². The molecule has 0 spiro atoms. The third kappa shape index (κ3) is 3.81. The van der Waals surface area contributed by atoms with Crippen LogP contribution in [-0.2, 0) is 0 Å². The number of carbonyl (C=O) groups excluding carboxylic acids is 2. The number of quaternary nitrogens is 1. The average Bonchev–Trinajstić information content (AvgIpc) is 3.16. The first kappa shape index (κ1) is 19.7. The van der Waals surface area contributed by atoms with Crippen LogP contribution in [0.4, 0.5) is 0 Å². The van der Waals surface area contributed by atoms with E-state index < -0.39 is 0 Å². The second-order valence-electron chi connectivity index (χ2n) is 8.14. The van der Waals surface area contributed by atoms with Crippen molar-refractivity contribution >= 4 is 11.6 Å². The Morgan fingerprint density at radius 1 is 1.14 bits per heavy atom. The lowest BCUT2D eigenvalue weighted by molar-refractivity contribution is -0.910. The lowest BCUT2D eigenvalue weighted by atomic mass is 10.0. The molecule has 1 aromatic heterocycles. The van der Waals surface area contributed by atoms with Crippen LogP contribution in [0.5, 0.6) is 11.5 Å². The topological polar surface area (TPSA) is 72.8 Å². The number of nitrogens with one attached hydrogen (secondary N) is 2. The van der Waals surface area contributed by atoms with Gasteiger partial charge in [-0.25, -0.2) is 0 Å². The first-order valence-corrected chi connectivity index (χ1v) is 10.4. The number of fused-ring (bicyclic) bond motifs is 1. The van der Waals surface area contributed by atoms with Gasteiger partial charge in [-0.3, -0.25) is 9.59 Å². The Balaban J connectivity index is 1.54.